The van der Waals surface area contributed by atoms with Gasteiger partial charge >= 0.3 is 5.97 Å². The smallest absolute Gasteiger partial charge is 0.341 e. The Morgan fingerprint density at radius 1 is 1.09 bits per heavy atom. The highest BCUT2D eigenvalue weighted by atomic mass is 32.1. The number of benzene rings is 2. The van der Waals surface area contributed by atoms with E-state index in [1.807, 2.05) is 18.2 Å². The predicted octanol–water partition coefficient (Wildman–Crippen LogP) is 4.50. The van der Waals surface area contributed by atoms with Gasteiger partial charge in [-0.15, -0.1) is 11.3 Å². The zero-order valence-electron chi connectivity index (χ0n) is 19.8. The van der Waals surface area contributed by atoms with E-state index in [0.717, 1.165) is 37.6 Å². The van der Waals surface area contributed by atoms with Crippen molar-refractivity contribution < 1.29 is 23.5 Å². The number of esters is 1. The summed E-state index contributed by atoms with van der Waals surface area (Å²) in [4.78, 5) is 29.9. The van der Waals surface area contributed by atoms with Gasteiger partial charge in [-0.3, -0.25) is 9.69 Å². The molecule has 0 bridgehead atoms. The SMILES string of the molecule is CCOC(=O)c1c(-c2ccc(F)cc2)csc1NC(=O)CN1CCN(c2cccc(OC)c2)CC1. The number of hydrogen-bond donors (Lipinski definition) is 1. The highest BCUT2D eigenvalue weighted by Crippen LogP contribution is 2.36. The normalized spacial score (nSPS) is 14.0. The van der Waals surface area contributed by atoms with Crippen molar-refractivity contribution in [3.8, 4) is 16.9 Å². The lowest BCUT2D eigenvalue weighted by molar-refractivity contribution is -0.117. The van der Waals surface area contributed by atoms with Crippen LogP contribution in [0.4, 0.5) is 15.1 Å². The highest BCUT2D eigenvalue weighted by molar-refractivity contribution is 7.15. The van der Waals surface area contributed by atoms with Crippen LogP contribution in [-0.4, -0.2) is 63.2 Å². The van der Waals surface area contributed by atoms with E-state index in [2.05, 4.69) is 21.2 Å². The Bertz CT molecular complexity index is 1170. The third kappa shape index (κ3) is 5.98. The lowest BCUT2D eigenvalue weighted by atomic mass is 10.0. The second-order valence-electron chi connectivity index (χ2n) is 8.09. The van der Waals surface area contributed by atoms with Gasteiger partial charge < -0.3 is 19.7 Å². The number of hydrogen-bond acceptors (Lipinski definition) is 7. The number of carbonyl (C=O) groups excluding carboxylic acids is 2. The zero-order valence-corrected chi connectivity index (χ0v) is 20.6. The summed E-state index contributed by atoms with van der Waals surface area (Å²) < 4.78 is 23.9. The zero-order chi connectivity index (χ0) is 24.8. The molecular weight excluding hydrogens is 469 g/mol. The lowest BCUT2D eigenvalue weighted by Gasteiger charge is -2.35. The van der Waals surface area contributed by atoms with Crippen molar-refractivity contribution in [1.82, 2.24) is 4.90 Å². The van der Waals surface area contributed by atoms with Crippen LogP contribution in [0.5, 0.6) is 5.75 Å². The summed E-state index contributed by atoms with van der Waals surface area (Å²) in [5.74, 6) is -0.257. The van der Waals surface area contributed by atoms with Gasteiger partial charge in [0.1, 0.15) is 22.1 Å². The molecule has 35 heavy (non-hydrogen) atoms. The van der Waals surface area contributed by atoms with Crippen LogP contribution in [0.2, 0.25) is 0 Å². The van der Waals surface area contributed by atoms with Crippen LogP contribution in [0, 0.1) is 5.82 Å². The third-order valence-electron chi connectivity index (χ3n) is 5.84. The predicted molar refractivity (Wildman–Crippen MR) is 136 cm³/mol. The maximum absolute atomic E-state index is 13.4. The largest absolute Gasteiger partial charge is 0.497 e. The molecule has 4 rings (SSSR count). The number of halogens is 1. The maximum Gasteiger partial charge on any atom is 0.341 e. The number of carbonyl (C=O) groups is 2. The number of rotatable bonds is 8. The van der Waals surface area contributed by atoms with Gasteiger partial charge in [-0.25, -0.2) is 9.18 Å². The Hall–Kier alpha value is -3.43. The molecule has 3 aromatic rings. The van der Waals surface area contributed by atoms with E-state index in [-0.39, 0.29) is 24.9 Å². The van der Waals surface area contributed by atoms with Crippen molar-refractivity contribution in [2.75, 3.05) is 56.7 Å². The lowest BCUT2D eigenvalue weighted by Crippen LogP contribution is -2.48. The van der Waals surface area contributed by atoms with E-state index < -0.39 is 5.97 Å². The Kier molecular flexibility index (Phi) is 7.99. The van der Waals surface area contributed by atoms with E-state index in [0.29, 0.717) is 21.7 Å². The molecule has 0 atom stereocenters. The number of methoxy groups -OCH3 is 1. The van der Waals surface area contributed by atoms with Gasteiger partial charge in [0.25, 0.3) is 0 Å². The molecule has 9 heteroatoms. The minimum Gasteiger partial charge on any atom is -0.497 e. The molecule has 1 aliphatic heterocycles. The van der Waals surface area contributed by atoms with E-state index in [9.17, 15) is 14.0 Å². The molecule has 0 radical (unpaired) electrons. The van der Waals surface area contributed by atoms with Crippen molar-refractivity contribution in [2.24, 2.45) is 0 Å². The Morgan fingerprint density at radius 3 is 2.51 bits per heavy atom. The second-order valence-corrected chi connectivity index (χ2v) is 8.97. The number of amides is 1. The molecule has 1 N–H and O–H groups in total. The molecule has 0 spiro atoms. The van der Waals surface area contributed by atoms with E-state index in [1.165, 1.54) is 23.5 Å². The first-order chi connectivity index (χ1) is 17.0. The van der Waals surface area contributed by atoms with Gasteiger partial charge in [-0.2, -0.15) is 0 Å². The molecule has 1 fully saturated rings. The molecule has 184 valence electrons. The first kappa shape index (κ1) is 24.7. The van der Waals surface area contributed by atoms with E-state index in [4.69, 9.17) is 9.47 Å². The van der Waals surface area contributed by atoms with Crippen molar-refractivity contribution >= 4 is 33.9 Å². The van der Waals surface area contributed by atoms with Gasteiger partial charge in [-0.05, 0) is 36.8 Å². The quantitative estimate of drug-likeness (QED) is 0.462. The summed E-state index contributed by atoms with van der Waals surface area (Å²) in [6, 6.07) is 13.8. The second kappa shape index (κ2) is 11.3. The molecule has 1 aromatic heterocycles. The summed E-state index contributed by atoms with van der Waals surface area (Å²) in [5.41, 5.74) is 2.68. The van der Waals surface area contributed by atoms with Crippen LogP contribution >= 0.6 is 11.3 Å². The van der Waals surface area contributed by atoms with Crippen LogP contribution in [0.3, 0.4) is 0 Å². The summed E-state index contributed by atoms with van der Waals surface area (Å²) in [6.45, 7) is 5.22. The molecule has 1 amide bonds. The Labute approximate surface area is 208 Å². The molecule has 0 aliphatic carbocycles. The van der Waals surface area contributed by atoms with Gasteiger partial charge in [-0.1, -0.05) is 18.2 Å². The van der Waals surface area contributed by atoms with Crippen LogP contribution < -0.4 is 15.0 Å². The number of nitrogens with one attached hydrogen (secondary N) is 1. The standard InChI is InChI=1S/C26H28FN3O4S/c1-3-34-26(32)24-22(18-7-9-19(27)10-8-18)17-35-25(24)28-23(31)16-29-11-13-30(14-12-29)20-5-4-6-21(15-20)33-2/h4-10,15,17H,3,11-14,16H2,1-2H3,(H,28,31). The van der Waals surface area contributed by atoms with Crippen LogP contribution in [0.1, 0.15) is 17.3 Å². The maximum atomic E-state index is 13.4. The Balaban J connectivity index is 1.41. The molecule has 2 aromatic carbocycles. The molecule has 0 saturated carbocycles. The van der Waals surface area contributed by atoms with Crippen LogP contribution in [0.25, 0.3) is 11.1 Å². The average Bonchev–Trinajstić information content (AvgIpc) is 3.28. The number of thiophene rings is 1. The number of anilines is 2. The fourth-order valence-electron chi connectivity index (χ4n) is 4.04. The average molecular weight is 498 g/mol. The van der Waals surface area contributed by atoms with Gasteiger partial charge in [0.15, 0.2) is 0 Å². The van der Waals surface area contributed by atoms with Crippen molar-refractivity contribution in [3.63, 3.8) is 0 Å². The van der Waals surface area contributed by atoms with Crippen molar-refractivity contribution in [1.29, 1.82) is 0 Å². The van der Waals surface area contributed by atoms with Crippen LogP contribution in [-0.2, 0) is 9.53 Å². The number of piperazine rings is 1. The van der Waals surface area contributed by atoms with Gasteiger partial charge in [0, 0.05) is 48.9 Å². The summed E-state index contributed by atoms with van der Waals surface area (Å²) in [5, 5.41) is 5.10. The fraction of sp³-hybridized carbons (Fsp3) is 0.308. The van der Waals surface area contributed by atoms with Gasteiger partial charge in [0.2, 0.25) is 5.91 Å². The summed E-state index contributed by atoms with van der Waals surface area (Å²) in [6.07, 6.45) is 0. The Morgan fingerprint density at radius 2 is 1.83 bits per heavy atom. The molecule has 1 saturated heterocycles. The molecule has 0 unspecified atom stereocenters. The van der Waals surface area contributed by atoms with E-state index in [1.54, 1.807) is 31.5 Å². The first-order valence-corrected chi connectivity index (χ1v) is 12.3. The minimum atomic E-state index is -0.518. The van der Waals surface area contributed by atoms with Crippen molar-refractivity contribution in [2.45, 2.75) is 6.92 Å². The number of ether oxygens (including phenoxy) is 2. The van der Waals surface area contributed by atoms with Gasteiger partial charge in [0.05, 0.1) is 20.3 Å². The molecule has 1 aliphatic rings. The first-order valence-electron chi connectivity index (χ1n) is 11.4. The molecule has 7 nitrogen and oxygen atoms in total. The third-order valence-corrected chi connectivity index (χ3v) is 6.73. The van der Waals surface area contributed by atoms with Crippen LogP contribution in [0.15, 0.2) is 53.9 Å². The monoisotopic (exact) mass is 497 g/mol. The summed E-state index contributed by atoms with van der Waals surface area (Å²) in [7, 11) is 1.65. The minimum absolute atomic E-state index is 0.196. The highest BCUT2D eigenvalue weighted by Gasteiger charge is 2.24. The molecular formula is C26H28FN3O4S. The topological polar surface area (TPSA) is 71.1 Å². The summed E-state index contributed by atoms with van der Waals surface area (Å²) >= 11 is 1.26. The number of nitrogens with zero attached hydrogens (tertiary/aromatic N) is 2. The molecule has 2 heterocycles. The van der Waals surface area contributed by atoms with Crippen molar-refractivity contribution in [3.05, 3.63) is 65.3 Å². The van der Waals surface area contributed by atoms with E-state index >= 15 is 0 Å². The fourth-order valence-corrected chi connectivity index (χ4v) is 5.01.